The average Bonchev–Trinajstić information content (AvgIpc) is 2.24. The van der Waals surface area contributed by atoms with Gasteiger partial charge in [0.25, 0.3) is 0 Å². The van der Waals surface area contributed by atoms with Crippen molar-refractivity contribution in [1.29, 1.82) is 0 Å². The molecule has 22 heavy (non-hydrogen) atoms. The van der Waals surface area contributed by atoms with Crippen LogP contribution < -0.4 is 0 Å². The molecule has 0 saturated heterocycles. The summed E-state index contributed by atoms with van der Waals surface area (Å²) in [6.45, 7) is 9.67. The number of carbonyl (C=O) groups is 2. The number of carbonyl (C=O) groups excluding carboxylic acids is 2. The molecular weight excluding hydrogens is 288 g/mol. The quantitative estimate of drug-likeness (QED) is 0.307. The minimum atomic E-state index is -0.946. The average molecular weight is 316 g/mol. The van der Waals surface area contributed by atoms with Gasteiger partial charge >= 0.3 is 11.9 Å². The van der Waals surface area contributed by atoms with E-state index in [1.165, 1.54) is 0 Å². The van der Waals surface area contributed by atoms with Gasteiger partial charge in [-0.25, -0.2) is 9.59 Å². The lowest BCUT2D eigenvalue weighted by Gasteiger charge is -2.18. The fourth-order valence-electron chi connectivity index (χ4n) is 1.42. The van der Waals surface area contributed by atoms with Crippen LogP contribution in [0.15, 0.2) is 11.1 Å². The predicted octanol–water partition coefficient (Wildman–Crippen LogP) is 1.73. The molecule has 0 aromatic rings. The minimum absolute atomic E-state index is 0.00998. The van der Waals surface area contributed by atoms with Crippen molar-refractivity contribution in [2.75, 3.05) is 13.2 Å². The Morgan fingerprint density at radius 3 is 1.36 bits per heavy atom. The third kappa shape index (κ3) is 9.52. The zero-order chi connectivity index (χ0) is 17.6. The number of allylic oxidation sites excluding steroid dienone is 1. The van der Waals surface area contributed by atoms with E-state index in [9.17, 15) is 19.8 Å². The molecule has 6 nitrogen and oxygen atoms in total. The van der Waals surface area contributed by atoms with Gasteiger partial charge in [-0.1, -0.05) is 5.57 Å². The predicted molar refractivity (Wildman–Crippen MR) is 82.1 cm³/mol. The Labute approximate surface area is 132 Å². The Bertz CT molecular complexity index is 385. The van der Waals surface area contributed by atoms with Crippen LogP contribution in [0.4, 0.5) is 0 Å². The first-order chi connectivity index (χ1) is 9.83. The Morgan fingerprint density at radius 2 is 1.14 bits per heavy atom. The topological polar surface area (TPSA) is 93.1 Å². The standard InChI is InChI=1S/C16H28O6/c1-11(2)12(13(17)21-9-7-15(3,4)19)14(18)22-10-8-16(5,6)20/h19-20H,7-10H2,1-6H3. The molecule has 0 saturated carbocycles. The van der Waals surface area contributed by atoms with Crippen LogP contribution in [0.2, 0.25) is 0 Å². The lowest BCUT2D eigenvalue weighted by molar-refractivity contribution is -0.148. The first-order valence-electron chi connectivity index (χ1n) is 7.30. The first kappa shape index (κ1) is 20.6. The van der Waals surface area contributed by atoms with Gasteiger partial charge < -0.3 is 19.7 Å². The highest BCUT2D eigenvalue weighted by atomic mass is 16.6. The Balaban J connectivity index is 4.57. The van der Waals surface area contributed by atoms with Crippen LogP contribution in [0.25, 0.3) is 0 Å². The molecule has 0 aliphatic carbocycles. The maximum atomic E-state index is 12.0. The minimum Gasteiger partial charge on any atom is -0.462 e. The summed E-state index contributed by atoms with van der Waals surface area (Å²) in [5.74, 6) is -1.53. The fourth-order valence-corrected chi connectivity index (χ4v) is 1.42. The molecule has 0 amide bonds. The number of aliphatic hydroxyl groups is 2. The van der Waals surface area contributed by atoms with E-state index in [0.29, 0.717) is 5.57 Å². The first-order valence-corrected chi connectivity index (χ1v) is 7.30. The van der Waals surface area contributed by atoms with Gasteiger partial charge in [0.15, 0.2) is 0 Å². The number of ether oxygens (including phenoxy) is 2. The molecule has 0 fully saturated rings. The molecule has 2 N–H and O–H groups in total. The molecule has 0 radical (unpaired) electrons. The number of esters is 2. The van der Waals surface area contributed by atoms with Crippen molar-refractivity contribution < 1.29 is 29.3 Å². The van der Waals surface area contributed by atoms with E-state index in [1.54, 1.807) is 41.5 Å². The van der Waals surface area contributed by atoms with E-state index in [1.807, 2.05) is 0 Å². The summed E-state index contributed by atoms with van der Waals surface area (Å²) in [5, 5.41) is 19.1. The summed E-state index contributed by atoms with van der Waals surface area (Å²) in [5.41, 5.74) is -1.55. The molecule has 0 rings (SSSR count). The van der Waals surface area contributed by atoms with Crippen LogP contribution in [0.1, 0.15) is 54.4 Å². The van der Waals surface area contributed by atoms with Crippen molar-refractivity contribution in [3.63, 3.8) is 0 Å². The number of hydrogen-bond donors (Lipinski definition) is 2. The van der Waals surface area contributed by atoms with Crippen molar-refractivity contribution >= 4 is 11.9 Å². The van der Waals surface area contributed by atoms with Gasteiger partial charge in [-0.15, -0.1) is 0 Å². The second-order valence-corrected chi connectivity index (χ2v) is 6.77. The Hall–Kier alpha value is -1.40. The van der Waals surface area contributed by atoms with Crippen molar-refractivity contribution in [2.45, 2.75) is 65.6 Å². The van der Waals surface area contributed by atoms with Gasteiger partial charge in [-0.05, 0) is 41.5 Å². The zero-order valence-corrected chi connectivity index (χ0v) is 14.4. The Morgan fingerprint density at radius 1 is 0.818 bits per heavy atom. The van der Waals surface area contributed by atoms with E-state index in [-0.39, 0.29) is 31.6 Å². The zero-order valence-electron chi connectivity index (χ0n) is 14.4. The largest absolute Gasteiger partial charge is 0.462 e. The van der Waals surface area contributed by atoms with Crippen molar-refractivity contribution in [3.8, 4) is 0 Å². The van der Waals surface area contributed by atoms with E-state index >= 15 is 0 Å². The maximum absolute atomic E-state index is 12.0. The third-order valence-corrected chi connectivity index (χ3v) is 2.80. The molecule has 128 valence electrons. The second-order valence-electron chi connectivity index (χ2n) is 6.77. The monoisotopic (exact) mass is 316 g/mol. The normalized spacial score (nSPS) is 11.8. The van der Waals surface area contributed by atoms with Crippen molar-refractivity contribution in [2.24, 2.45) is 0 Å². The summed E-state index contributed by atoms with van der Waals surface area (Å²) < 4.78 is 10.0. The maximum Gasteiger partial charge on any atom is 0.345 e. The molecular formula is C16H28O6. The van der Waals surface area contributed by atoms with Crippen LogP contribution in [0.3, 0.4) is 0 Å². The molecule has 0 atom stereocenters. The lowest BCUT2D eigenvalue weighted by atomic mass is 10.1. The van der Waals surface area contributed by atoms with E-state index < -0.39 is 23.1 Å². The van der Waals surface area contributed by atoms with E-state index in [4.69, 9.17) is 9.47 Å². The van der Waals surface area contributed by atoms with Crippen LogP contribution in [0, 0.1) is 0 Å². The highest BCUT2D eigenvalue weighted by Crippen LogP contribution is 2.13. The van der Waals surface area contributed by atoms with Gasteiger partial charge in [0.1, 0.15) is 5.57 Å². The van der Waals surface area contributed by atoms with Crippen LogP contribution in [0.5, 0.6) is 0 Å². The van der Waals surface area contributed by atoms with Crippen molar-refractivity contribution in [1.82, 2.24) is 0 Å². The van der Waals surface area contributed by atoms with Crippen molar-refractivity contribution in [3.05, 3.63) is 11.1 Å². The van der Waals surface area contributed by atoms with Crippen LogP contribution >= 0.6 is 0 Å². The SMILES string of the molecule is CC(C)=C(C(=O)OCCC(C)(C)O)C(=O)OCCC(C)(C)O. The molecule has 0 aromatic carbocycles. The van der Waals surface area contributed by atoms with E-state index in [0.717, 1.165) is 0 Å². The van der Waals surface area contributed by atoms with Gasteiger partial charge in [0.05, 0.1) is 24.4 Å². The number of rotatable bonds is 8. The lowest BCUT2D eigenvalue weighted by Crippen LogP contribution is -2.26. The van der Waals surface area contributed by atoms with Gasteiger partial charge in [0, 0.05) is 12.8 Å². The number of hydrogen-bond acceptors (Lipinski definition) is 6. The molecule has 0 aliphatic rings. The van der Waals surface area contributed by atoms with Crippen LogP contribution in [-0.4, -0.2) is 46.6 Å². The van der Waals surface area contributed by atoms with Crippen LogP contribution in [-0.2, 0) is 19.1 Å². The second kappa shape index (κ2) is 8.29. The smallest absolute Gasteiger partial charge is 0.345 e. The van der Waals surface area contributed by atoms with E-state index in [2.05, 4.69) is 0 Å². The fraction of sp³-hybridized carbons (Fsp3) is 0.750. The van der Waals surface area contributed by atoms with Gasteiger partial charge in [-0.2, -0.15) is 0 Å². The molecule has 0 spiro atoms. The summed E-state index contributed by atoms with van der Waals surface area (Å²) in [6.07, 6.45) is 0.533. The molecule has 0 bridgehead atoms. The summed E-state index contributed by atoms with van der Waals surface area (Å²) in [4.78, 5) is 23.9. The van der Waals surface area contributed by atoms with Gasteiger partial charge in [0.2, 0.25) is 0 Å². The summed E-state index contributed by atoms with van der Waals surface area (Å²) in [7, 11) is 0. The highest BCUT2D eigenvalue weighted by molar-refractivity contribution is 6.14. The molecule has 0 aliphatic heterocycles. The highest BCUT2D eigenvalue weighted by Gasteiger charge is 2.24. The van der Waals surface area contributed by atoms with Gasteiger partial charge in [-0.3, -0.25) is 0 Å². The summed E-state index contributed by atoms with van der Waals surface area (Å²) in [6, 6.07) is 0. The molecule has 0 unspecified atom stereocenters. The summed E-state index contributed by atoms with van der Waals surface area (Å²) >= 11 is 0. The Kier molecular flexibility index (Phi) is 7.76. The third-order valence-electron chi connectivity index (χ3n) is 2.80. The molecule has 0 heterocycles. The molecule has 6 heteroatoms. The molecule has 0 aromatic heterocycles.